The van der Waals surface area contributed by atoms with Crippen molar-refractivity contribution in [2.45, 2.75) is 44.5 Å². The number of aryl methyl sites for hydroxylation is 1. The van der Waals surface area contributed by atoms with Crippen molar-refractivity contribution in [1.29, 1.82) is 0 Å². The van der Waals surface area contributed by atoms with Gasteiger partial charge in [0.25, 0.3) is 0 Å². The molecule has 0 aliphatic carbocycles. The number of rotatable bonds is 7. The fraction of sp³-hybridized carbons (Fsp3) is 0.538. The Bertz CT molecular complexity index is 507. The summed E-state index contributed by atoms with van der Waals surface area (Å²) in [6, 6.07) is 5.62. The second kappa shape index (κ2) is 6.97. The molecular formula is C13H17F3O3S. The van der Waals surface area contributed by atoms with Crippen LogP contribution >= 0.6 is 0 Å². The number of benzene rings is 1. The number of halogens is 3. The van der Waals surface area contributed by atoms with E-state index in [0.29, 0.717) is 0 Å². The minimum Gasteiger partial charge on any atom is -0.376 e. The van der Waals surface area contributed by atoms with E-state index in [9.17, 15) is 21.6 Å². The predicted molar refractivity (Wildman–Crippen MR) is 69.9 cm³/mol. The normalized spacial score (nSPS) is 12.4. The van der Waals surface area contributed by atoms with E-state index in [0.717, 1.165) is 37.7 Å². The van der Waals surface area contributed by atoms with E-state index in [2.05, 4.69) is 11.1 Å². The van der Waals surface area contributed by atoms with Crippen LogP contribution in [0.1, 0.15) is 38.2 Å². The zero-order chi connectivity index (χ0) is 15.2. The molecule has 0 radical (unpaired) electrons. The van der Waals surface area contributed by atoms with E-state index in [1.54, 1.807) is 12.1 Å². The SMILES string of the molecule is CCCCCCc1ccc(OS(=O)(=O)C(F)(F)F)cc1. The lowest BCUT2D eigenvalue weighted by Gasteiger charge is -2.09. The lowest BCUT2D eigenvalue weighted by atomic mass is 10.1. The number of unbranched alkanes of at least 4 members (excludes halogenated alkanes) is 3. The third-order valence-electron chi connectivity index (χ3n) is 2.73. The highest BCUT2D eigenvalue weighted by Gasteiger charge is 2.48. The lowest BCUT2D eigenvalue weighted by Crippen LogP contribution is -2.28. The molecule has 0 aromatic heterocycles. The molecule has 0 amide bonds. The van der Waals surface area contributed by atoms with Gasteiger partial charge in [0.05, 0.1) is 0 Å². The van der Waals surface area contributed by atoms with Gasteiger partial charge in [-0.3, -0.25) is 0 Å². The van der Waals surface area contributed by atoms with Gasteiger partial charge in [-0.2, -0.15) is 21.6 Å². The Balaban J connectivity index is 2.59. The second-order valence-electron chi connectivity index (χ2n) is 4.44. The number of hydrogen-bond acceptors (Lipinski definition) is 3. The molecule has 3 nitrogen and oxygen atoms in total. The molecule has 1 aromatic carbocycles. The van der Waals surface area contributed by atoms with Crippen LogP contribution in [0.2, 0.25) is 0 Å². The maximum absolute atomic E-state index is 12.1. The van der Waals surface area contributed by atoms with Gasteiger partial charge in [0.15, 0.2) is 0 Å². The van der Waals surface area contributed by atoms with Crippen molar-refractivity contribution in [3.8, 4) is 5.75 Å². The van der Waals surface area contributed by atoms with Crippen LogP contribution in [0, 0.1) is 0 Å². The van der Waals surface area contributed by atoms with E-state index < -0.39 is 15.6 Å². The molecule has 0 bridgehead atoms. The molecule has 0 heterocycles. The average molecular weight is 310 g/mol. The summed E-state index contributed by atoms with van der Waals surface area (Å²) in [7, 11) is -5.59. The monoisotopic (exact) mass is 310 g/mol. The summed E-state index contributed by atoms with van der Waals surface area (Å²) in [4.78, 5) is 0. The Morgan fingerprint density at radius 1 is 1.05 bits per heavy atom. The predicted octanol–water partition coefficient (Wildman–Crippen LogP) is 4.04. The van der Waals surface area contributed by atoms with Gasteiger partial charge < -0.3 is 4.18 Å². The van der Waals surface area contributed by atoms with Crippen LogP contribution in [-0.4, -0.2) is 13.9 Å². The molecule has 0 saturated heterocycles. The highest BCUT2D eigenvalue weighted by atomic mass is 32.2. The van der Waals surface area contributed by atoms with Crippen molar-refractivity contribution in [3.05, 3.63) is 29.8 Å². The first kappa shape index (κ1) is 16.8. The first-order valence-electron chi connectivity index (χ1n) is 6.36. The first-order valence-corrected chi connectivity index (χ1v) is 7.77. The van der Waals surface area contributed by atoms with E-state index in [1.165, 1.54) is 12.1 Å². The molecule has 0 fully saturated rings. The Morgan fingerprint density at radius 3 is 2.15 bits per heavy atom. The third kappa shape index (κ3) is 5.03. The van der Waals surface area contributed by atoms with Crippen molar-refractivity contribution >= 4 is 10.1 Å². The van der Waals surface area contributed by atoms with E-state index in [4.69, 9.17) is 0 Å². The van der Waals surface area contributed by atoms with Gasteiger partial charge in [0.1, 0.15) is 5.75 Å². The summed E-state index contributed by atoms with van der Waals surface area (Å²) in [5.41, 5.74) is -4.47. The smallest absolute Gasteiger partial charge is 0.376 e. The second-order valence-corrected chi connectivity index (χ2v) is 5.98. The maximum Gasteiger partial charge on any atom is 0.534 e. The Kier molecular flexibility index (Phi) is 5.86. The maximum atomic E-state index is 12.1. The minimum atomic E-state index is -5.59. The molecule has 0 N–H and O–H groups in total. The van der Waals surface area contributed by atoms with E-state index in [-0.39, 0.29) is 5.75 Å². The fourth-order valence-corrected chi connectivity index (χ4v) is 2.10. The lowest BCUT2D eigenvalue weighted by molar-refractivity contribution is -0.0500. The van der Waals surface area contributed by atoms with Crippen LogP contribution in [0.25, 0.3) is 0 Å². The summed E-state index contributed by atoms with van der Waals surface area (Å²) in [6.07, 6.45) is 5.17. The standard InChI is InChI=1S/C13H17F3O3S/c1-2-3-4-5-6-11-7-9-12(10-8-11)19-20(17,18)13(14,15)16/h7-10H,2-6H2,1H3. The van der Waals surface area contributed by atoms with Crippen molar-refractivity contribution in [1.82, 2.24) is 0 Å². The molecule has 114 valence electrons. The third-order valence-corrected chi connectivity index (χ3v) is 3.71. The summed E-state index contributed by atoms with van der Waals surface area (Å²) >= 11 is 0. The first-order chi connectivity index (χ1) is 9.26. The summed E-state index contributed by atoms with van der Waals surface area (Å²) in [5.74, 6) is -0.334. The fourth-order valence-electron chi connectivity index (χ4n) is 1.64. The number of alkyl halides is 3. The van der Waals surface area contributed by atoms with Gasteiger partial charge in [-0.1, -0.05) is 38.3 Å². The van der Waals surface area contributed by atoms with Crippen molar-refractivity contribution in [3.63, 3.8) is 0 Å². The van der Waals surface area contributed by atoms with E-state index >= 15 is 0 Å². The van der Waals surface area contributed by atoms with Crippen molar-refractivity contribution < 1.29 is 25.8 Å². The van der Waals surface area contributed by atoms with Crippen LogP contribution in [0.4, 0.5) is 13.2 Å². The molecule has 0 atom stereocenters. The van der Waals surface area contributed by atoms with Crippen LogP contribution in [0.5, 0.6) is 5.75 Å². The van der Waals surface area contributed by atoms with Crippen molar-refractivity contribution in [2.75, 3.05) is 0 Å². The van der Waals surface area contributed by atoms with Crippen molar-refractivity contribution in [2.24, 2.45) is 0 Å². The van der Waals surface area contributed by atoms with Crippen LogP contribution < -0.4 is 4.18 Å². The Labute approximate surface area is 116 Å². The zero-order valence-electron chi connectivity index (χ0n) is 11.1. The number of hydrogen-bond donors (Lipinski definition) is 0. The van der Waals surface area contributed by atoms with Gasteiger partial charge in [0, 0.05) is 0 Å². The minimum absolute atomic E-state index is 0.334. The van der Waals surface area contributed by atoms with Crippen LogP contribution in [0.3, 0.4) is 0 Å². The largest absolute Gasteiger partial charge is 0.534 e. The summed E-state index contributed by atoms with van der Waals surface area (Å²) in [5, 5.41) is 0. The van der Waals surface area contributed by atoms with Gasteiger partial charge in [-0.15, -0.1) is 0 Å². The molecule has 0 unspecified atom stereocenters. The van der Waals surface area contributed by atoms with Crippen LogP contribution in [0.15, 0.2) is 24.3 Å². The van der Waals surface area contributed by atoms with Gasteiger partial charge in [0.2, 0.25) is 0 Å². The van der Waals surface area contributed by atoms with E-state index in [1.807, 2.05) is 0 Å². The molecule has 7 heteroatoms. The van der Waals surface area contributed by atoms with Crippen LogP contribution in [-0.2, 0) is 16.5 Å². The van der Waals surface area contributed by atoms with Gasteiger partial charge >= 0.3 is 15.6 Å². The molecule has 1 rings (SSSR count). The molecule has 0 aliphatic heterocycles. The quantitative estimate of drug-likeness (QED) is 0.434. The molecule has 20 heavy (non-hydrogen) atoms. The Morgan fingerprint density at radius 2 is 1.65 bits per heavy atom. The molecular weight excluding hydrogens is 293 g/mol. The zero-order valence-corrected chi connectivity index (χ0v) is 11.9. The Hall–Kier alpha value is -1.24. The van der Waals surface area contributed by atoms with Gasteiger partial charge in [-0.25, -0.2) is 0 Å². The molecule has 0 spiro atoms. The summed E-state index contributed by atoms with van der Waals surface area (Å²) < 4.78 is 62.0. The highest BCUT2D eigenvalue weighted by molar-refractivity contribution is 7.87. The summed E-state index contributed by atoms with van der Waals surface area (Å²) in [6.45, 7) is 2.10. The highest BCUT2D eigenvalue weighted by Crippen LogP contribution is 2.27. The molecule has 0 aliphatic rings. The molecule has 1 aromatic rings. The van der Waals surface area contributed by atoms with Gasteiger partial charge in [-0.05, 0) is 30.5 Å². The molecule has 0 saturated carbocycles. The topological polar surface area (TPSA) is 43.4 Å². The average Bonchev–Trinajstić information content (AvgIpc) is 2.35.